The number of carbonyl (C=O) groups is 3. The Morgan fingerprint density at radius 2 is 1.04 bits per heavy atom. The molecular weight excluding hydrogens is 709 g/mol. The van der Waals surface area contributed by atoms with E-state index in [-0.39, 0.29) is 6.42 Å². The van der Waals surface area contributed by atoms with E-state index in [1.54, 1.807) is 6.08 Å². The number of ketones is 1. The van der Waals surface area contributed by atoms with Gasteiger partial charge in [0.25, 0.3) is 0 Å². The van der Waals surface area contributed by atoms with Crippen molar-refractivity contribution in [2.45, 2.75) is 225 Å². The van der Waals surface area contributed by atoms with Crippen LogP contribution in [0.15, 0.2) is 12.2 Å². The smallest absolute Gasteiger partial charge is 0.472 e. The third-order valence-electron chi connectivity index (χ3n) is 9.80. The van der Waals surface area contributed by atoms with Crippen LogP contribution in [-0.2, 0) is 32.7 Å². The number of rotatable bonds is 41. The Balaban J connectivity index is 4.71. The van der Waals surface area contributed by atoms with Gasteiger partial charge in [-0.2, -0.15) is 0 Å². The average Bonchev–Trinajstić information content (AvgIpc) is 3.15. The number of aliphatic hydroxyl groups excluding tert-OH is 1. The van der Waals surface area contributed by atoms with Crippen LogP contribution in [0, 0.1) is 0 Å². The molecule has 0 aromatic heterocycles. The molecule has 0 aromatic rings. The number of hydrogen-bond donors (Lipinski definition) is 4. The molecule has 12 heteroatoms. The number of allylic oxidation sites excluding steroid dienone is 1. The molecule has 4 atom stereocenters. The van der Waals surface area contributed by atoms with Crippen LogP contribution >= 0.6 is 7.82 Å². The van der Waals surface area contributed by atoms with Gasteiger partial charge in [0.2, 0.25) is 0 Å². The molecule has 0 amide bonds. The number of hydrogen-bond acceptors (Lipinski definition) is 9. The summed E-state index contributed by atoms with van der Waals surface area (Å²) >= 11 is 0. The molecule has 0 aliphatic carbocycles. The van der Waals surface area contributed by atoms with E-state index in [0.717, 1.165) is 44.9 Å². The van der Waals surface area contributed by atoms with Crippen molar-refractivity contribution in [2.75, 3.05) is 13.2 Å². The maximum Gasteiger partial charge on any atom is 0.472 e. The fourth-order valence-electron chi connectivity index (χ4n) is 6.36. The van der Waals surface area contributed by atoms with Crippen LogP contribution in [-0.4, -0.2) is 64.3 Å². The molecule has 0 saturated carbocycles. The van der Waals surface area contributed by atoms with Crippen LogP contribution in [0.5, 0.6) is 0 Å². The normalized spacial score (nSPS) is 14.5. The topological polar surface area (TPSA) is 183 Å². The number of carboxylic acid groups (broad SMARTS) is 1. The first kappa shape index (κ1) is 52.4. The summed E-state index contributed by atoms with van der Waals surface area (Å²) in [6.07, 6.45) is 34.0. The van der Waals surface area contributed by atoms with Crippen molar-refractivity contribution in [3.63, 3.8) is 0 Å². The molecule has 0 aromatic carbocycles. The van der Waals surface area contributed by atoms with E-state index in [0.29, 0.717) is 12.8 Å². The van der Waals surface area contributed by atoms with Crippen molar-refractivity contribution in [3.8, 4) is 0 Å². The molecule has 0 aliphatic heterocycles. The minimum atomic E-state index is -4.98. The number of unbranched alkanes of at least 4 members (excludes halogenated alkanes) is 27. The second-order valence-corrected chi connectivity index (χ2v) is 16.4. The first-order valence-corrected chi connectivity index (χ1v) is 23.2. The molecule has 0 spiro atoms. The molecule has 2 unspecified atom stereocenters. The number of ether oxygens (including phenoxy) is 1. The quantitative estimate of drug-likeness (QED) is 0.0200. The van der Waals surface area contributed by atoms with E-state index >= 15 is 0 Å². The largest absolute Gasteiger partial charge is 0.480 e. The second-order valence-electron chi connectivity index (χ2n) is 15.0. The molecule has 0 rings (SSSR count). The van der Waals surface area contributed by atoms with Gasteiger partial charge in [-0.3, -0.25) is 23.4 Å². The SMILES string of the molecule is CCCCCCCCCCCCCCCCCC=CC(=O)C(OC(=O)CCCCCCCCCCCCCCC)[C@H](CO)OP(=O)(O)OC[C@H](N)C(=O)O. The summed E-state index contributed by atoms with van der Waals surface area (Å²) < 4.78 is 27.7. The minimum Gasteiger partial charge on any atom is -0.480 e. The molecule has 0 radical (unpaired) electrons. The Bertz CT molecular complexity index is 994. The van der Waals surface area contributed by atoms with Crippen LogP contribution in [0.1, 0.15) is 206 Å². The van der Waals surface area contributed by atoms with Crippen molar-refractivity contribution >= 4 is 25.5 Å². The Morgan fingerprint density at radius 1 is 0.648 bits per heavy atom. The summed E-state index contributed by atoms with van der Waals surface area (Å²) in [6, 6.07) is -1.60. The second kappa shape index (κ2) is 37.0. The molecule has 318 valence electrons. The predicted molar refractivity (Wildman–Crippen MR) is 217 cm³/mol. The highest BCUT2D eigenvalue weighted by Crippen LogP contribution is 2.45. The minimum absolute atomic E-state index is 0.0449. The highest BCUT2D eigenvalue weighted by atomic mass is 31.2. The standard InChI is InChI=1S/C42H80NO10P/c1-3-5-7-9-11-13-15-17-18-19-20-22-23-25-27-29-31-33-38(45)41(39(35-44)53-54(49,50)51-36-37(43)42(47)48)52-40(46)34-32-30-28-26-24-21-16-14-12-10-8-6-4-2/h31,33,37,39,41,44H,3-30,32,34-36,43H2,1-2H3,(H,47,48)(H,49,50)/t37-,39-,41?/m0/s1. The summed E-state index contributed by atoms with van der Waals surface area (Å²) in [4.78, 5) is 47.1. The maximum absolute atomic E-state index is 13.2. The number of esters is 1. The highest BCUT2D eigenvalue weighted by molar-refractivity contribution is 7.47. The number of carbonyl (C=O) groups excluding carboxylic acids is 2. The van der Waals surface area contributed by atoms with Crippen LogP contribution in [0.2, 0.25) is 0 Å². The van der Waals surface area contributed by atoms with E-state index in [9.17, 15) is 28.9 Å². The summed E-state index contributed by atoms with van der Waals surface area (Å²) in [5.41, 5.74) is 5.34. The van der Waals surface area contributed by atoms with Gasteiger partial charge < -0.3 is 25.6 Å². The number of aliphatic carboxylic acids is 1. The predicted octanol–water partition coefficient (Wildman–Crippen LogP) is 10.7. The van der Waals surface area contributed by atoms with E-state index in [1.165, 1.54) is 134 Å². The van der Waals surface area contributed by atoms with Crippen molar-refractivity contribution in [3.05, 3.63) is 12.2 Å². The lowest BCUT2D eigenvalue weighted by atomic mass is 10.0. The number of carboxylic acids is 1. The Morgan fingerprint density at radius 3 is 1.43 bits per heavy atom. The fraction of sp³-hybridized carbons (Fsp3) is 0.881. The first-order chi connectivity index (χ1) is 26.1. The zero-order valence-electron chi connectivity index (χ0n) is 34.2. The summed E-state index contributed by atoms with van der Waals surface area (Å²) in [5, 5.41) is 18.9. The third-order valence-corrected chi connectivity index (χ3v) is 10.8. The first-order valence-electron chi connectivity index (χ1n) is 21.7. The third kappa shape index (κ3) is 32.6. The summed E-state index contributed by atoms with van der Waals surface area (Å²) in [6.45, 7) is 2.69. The van der Waals surface area contributed by atoms with Gasteiger partial charge in [0.15, 0.2) is 11.9 Å². The van der Waals surface area contributed by atoms with Crippen LogP contribution < -0.4 is 5.73 Å². The van der Waals surface area contributed by atoms with Gasteiger partial charge in [-0.05, 0) is 25.3 Å². The Labute approximate surface area is 328 Å². The Hall–Kier alpha value is -1.62. The van der Waals surface area contributed by atoms with Gasteiger partial charge in [0, 0.05) is 6.42 Å². The fourth-order valence-corrected chi connectivity index (χ4v) is 7.29. The van der Waals surface area contributed by atoms with E-state index in [4.69, 9.17) is 20.1 Å². The maximum atomic E-state index is 13.2. The number of aliphatic hydroxyl groups is 1. The summed E-state index contributed by atoms with van der Waals surface area (Å²) in [5.74, 6) is -2.84. The Kier molecular flexibility index (Phi) is 35.9. The van der Waals surface area contributed by atoms with Gasteiger partial charge in [0.05, 0.1) is 13.2 Å². The van der Waals surface area contributed by atoms with Crippen LogP contribution in [0.25, 0.3) is 0 Å². The van der Waals surface area contributed by atoms with Crippen molar-refractivity contribution in [1.82, 2.24) is 0 Å². The van der Waals surface area contributed by atoms with Gasteiger partial charge in [-0.15, -0.1) is 0 Å². The molecular formula is C42H80NO10P. The van der Waals surface area contributed by atoms with Crippen LogP contribution in [0.4, 0.5) is 0 Å². The zero-order chi connectivity index (χ0) is 40.1. The molecule has 11 nitrogen and oxygen atoms in total. The van der Waals surface area contributed by atoms with Crippen molar-refractivity contribution in [1.29, 1.82) is 0 Å². The summed E-state index contributed by atoms with van der Waals surface area (Å²) in [7, 11) is -4.98. The zero-order valence-corrected chi connectivity index (χ0v) is 35.1. The molecule has 0 heterocycles. The van der Waals surface area contributed by atoms with Gasteiger partial charge in [-0.25, -0.2) is 4.57 Å². The average molecular weight is 790 g/mol. The molecule has 54 heavy (non-hydrogen) atoms. The van der Waals surface area contributed by atoms with E-state index in [1.807, 2.05) is 0 Å². The lowest BCUT2D eigenvalue weighted by Crippen LogP contribution is -2.41. The highest BCUT2D eigenvalue weighted by Gasteiger charge is 2.37. The molecule has 5 N–H and O–H groups in total. The number of phosphoric acid groups is 1. The number of nitrogens with two attached hydrogens (primary N) is 1. The molecule has 0 saturated heterocycles. The van der Waals surface area contributed by atoms with Gasteiger partial charge in [0.1, 0.15) is 12.1 Å². The molecule has 0 fully saturated rings. The van der Waals surface area contributed by atoms with Gasteiger partial charge in [-0.1, -0.05) is 187 Å². The van der Waals surface area contributed by atoms with Crippen molar-refractivity contribution in [2.24, 2.45) is 5.73 Å². The van der Waals surface area contributed by atoms with E-state index < -0.39 is 57.0 Å². The monoisotopic (exact) mass is 790 g/mol. The van der Waals surface area contributed by atoms with E-state index in [2.05, 4.69) is 18.4 Å². The lowest BCUT2D eigenvalue weighted by molar-refractivity contribution is -0.161. The lowest BCUT2D eigenvalue weighted by Gasteiger charge is -2.25. The number of phosphoric ester groups is 1. The van der Waals surface area contributed by atoms with Crippen LogP contribution in [0.3, 0.4) is 0 Å². The molecule has 0 bridgehead atoms. The van der Waals surface area contributed by atoms with Crippen molar-refractivity contribution < 1.29 is 47.8 Å². The van der Waals surface area contributed by atoms with Gasteiger partial charge >= 0.3 is 19.8 Å². The molecule has 0 aliphatic rings.